The molecule has 1 aliphatic heterocycles. The van der Waals surface area contributed by atoms with Gasteiger partial charge in [0.05, 0.1) is 29.4 Å². The number of halogens is 9. The molecular formula is C24H23F9N2O5S. The van der Waals surface area contributed by atoms with E-state index in [-0.39, 0.29) is 29.8 Å². The van der Waals surface area contributed by atoms with Crippen LogP contribution in [-0.2, 0) is 34.9 Å². The summed E-state index contributed by atoms with van der Waals surface area (Å²) < 4.78 is 151. The first-order chi connectivity index (χ1) is 18.7. The highest BCUT2D eigenvalue weighted by molar-refractivity contribution is 7.80. The Labute approximate surface area is 230 Å². The maximum absolute atomic E-state index is 13.4. The van der Waals surface area contributed by atoms with E-state index < -0.39 is 77.2 Å². The molecule has 2 aromatic rings. The molecule has 3 rings (SSSR count). The van der Waals surface area contributed by atoms with Gasteiger partial charge in [-0.15, -0.1) is 13.2 Å². The number of amides is 1. The molecule has 1 amide bonds. The van der Waals surface area contributed by atoms with E-state index in [0.717, 1.165) is 27.4 Å². The molecule has 7 nitrogen and oxygen atoms in total. The van der Waals surface area contributed by atoms with E-state index in [4.69, 9.17) is 4.74 Å². The number of hydrogen-bond acceptors (Lipinski definition) is 4. The highest BCUT2D eigenvalue weighted by Gasteiger charge is 2.43. The van der Waals surface area contributed by atoms with E-state index in [2.05, 4.69) is 4.74 Å². The maximum atomic E-state index is 13.4. The number of anilines is 1. The minimum Gasteiger partial charge on any atom is -0.439 e. The number of nitrogens with zero attached hydrogens (tertiary/aromatic N) is 2. The highest BCUT2D eigenvalue weighted by atomic mass is 32.2. The Hall–Kier alpha value is -3.21. The van der Waals surface area contributed by atoms with Crippen LogP contribution in [0.3, 0.4) is 0 Å². The van der Waals surface area contributed by atoms with Crippen LogP contribution < -0.4 is 9.04 Å². The molecule has 0 spiro atoms. The number of rotatable bonds is 8. The van der Waals surface area contributed by atoms with Crippen LogP contribution in [0, 0.1) is 5.92 Å². The van der Waals surface area contributed by atoms with Crippen LogP contribution in [0.4, 0.5) is 50.0 Å². The van der Waals surface area contributed by atoms with Crippen LogP contribution in [-0.4, -0.2) is 38.7 Å². The van der Waals surface area contributed by atoms with Gasteiger partial charge in [0.15, 0.2) is 0 Å². The molecule has 0 saturated carbocycles. The van der Waals surface area contributed by atoms with Crippen LogP contribution in [0.15, 0.2) is 36.4 Å². The lowest BCUT2D eigenvalue weighted by Gasteiger charge is -2.28. The minimum absolute atomic E-state index is 0.0529. The van der Waals surface area contributed by atoms with Crippen molar-refractivity contribution in [3.8, 4) is 5.75 Å². The van der Waals surface area contributed by atoms with E-state index in [1.54, 1.807) is 13.8 Å². The summed E-state index contributed by atoms with van der Waals surface area (Å²) in [6, 6.07) is 2.30. The predicted molar refractivity (Wildman–Crippen MR) is 127 cm³/mol. The van der Waals surface area contributed by atoms with Gasteiger partial charge < -0.3 is 9.47 Å². The van der Waals surface area contributed by atoms with Crippen molar-refractivity contribution in [2.45, 2.75) is 58.2 Å². The van der Waals surface area contributed by atoms with Gasteiger partial charge in [-0.3, -0.25) is 13.8 Å². The number of benzene rings is 2. The van der Waals surface area contributed by atoms with Crippen molar-refractivity contribution in [2.24, 2.45) is 5.92 Å². The molecule has 0 radical (unpaired) electrons. The summed E-state index contributed by atoms with van der Waals surface area (Å²) in [5.74, 6) is -0.956. The predicted octanol–water partition coefficient (Wildman–Crippen LogP) is 7.30. The van der Waals surface area contributed by atoms with Gasteiger partial charge >= 0.3 is 24.8 Å². The molecule has 41 heavy (non-hydrogen) atoms. The summed E-state index contributed by atoms with van der Waals surface area (Å²) in [5, 5.41) is 0. The first kappa shape index (κ1) is 32.3. The Bertz CT molecular complexity index is 1270. The second kappa shape index (κ2) is 11.6. The van der Waals surface area contributed by atoms with Gasteiger partial charge in [-0.1, -0.05) is 13.8 Å². The topological polar surface area (TPSA) is 79.3 Å². The Kier molecular flexibility index (Phi) is 9.13. The molecule has 3 atom stereocenters. The summed E-state index contributed by atoms with van der Waals surface area (Å²) in [6.07, 6.45) is -18.2. The lowest BCUT2D eigenvalue weighted by atomic mass is 9.97. The normalized spacial score (nSPS) is 19.0. The summed E-state index contributed by atoms with van der Waals surface area (Å²) in [4.78, 5) is 13.6. The number of alkyl halides is 9. The van der Waals surface area contributed by atoms with E-state index >= 15 is 0 Å². The SMILES string of the molecule is CC(C)CN(c1ccc(OC(F)(F)F)cc1CN1C(=O)O[C@H](c2cc(C(F)(F)F)cc(C(F)(F)F)c2)[C@@H]1C)S(=O)O. The fraction of sp³-hybridized carbons (Fsp3) is 0.458. The Balaban J connectivity index is 2.05. The third-order valence-corrected chi connectivity index (χ3v) is 6.67. The maximum Gasteiger partial charge on any atom is 0.573 e. The lowest BCUT2D eigenvalue weighted by Crippen LogP contribution is -2.34. The molecule has 1 saturated heterocycles. The van der Waals surface area contributed by atoms with Gasteiger partial charge in [-0.25, -0.2) is 9.00 Å². The zero-order valence-electron chi connectivity index (χ0n) is 21.4. The first-order valence-corrected chi connectivity index (χ1v) is 12.8. The third-order valence-electron chi connectivity index (χ3n) is 5.94. The molecule has 0 bridgehead atoms. The van der Waals surface area contributed by atoms with Gasteiger partial charge in [0.25, 0.3) is 11.3 Å². The molecule has 2 aromatic carbocycles. The number of cyclic esters (lactones) is 1. The molecular weight excluding hydrogens is 599 g/mol. The molecule has 228 valence electrons. The van der Waals surface area contributed by atoms with Gasteiger partial charge in [-0.2, -0.15) is 26.3 Å². The highest BCUT2D eigenvalue weighted by Crippen LogP contribution is 2.42. The molecule has 1 N–H and O–H groups in total. The Morgan fingerprint density at radius 1 is 1.00 bits per heavy atom. The fourth-order valence-electron chi connectivity index (χ4n) is 4.19. The molecule has 1 aliphatic rings. The van der Waals surface area contributed by atoms with Gasteiger partial charge in [0, 0.05) is 6.54 Å². The summed E-state index contributed by atoms with van der Waals surface area (Å²) in [7, 11) is 0. The van der Waals surface area contributed by atoms with Crippen LogP contribution in [0.2, 0.25) is 0 Å². The molecule has 1 fully saturated rings. The van der Waals surface area contributed by atoms with Crippen molar-refractivity contribution >= 4 is 23.0 Å². The fourth-order valence-corrected chi connectivity index (χ4v) is 4.97. The van der Waals surface area contributed by atoms with Gasteiger partial charge in [0.1, 0.15) is 11.9 Å². The molecule has 1 heterocycles. The summed E-state index contributed by atoms with van der Waals surface area (Å²) in [6.45, 7) is 3.99. The van der Waals surface area contributed by atoms with Crippen molar-refractivity contribution in [3.05, 3.63) is 58.7 Å². The lowest BCUT2D eigenvalue weighted by molar-refractivity contribution is -0.274. The number of carbonyl (C=O) groups excluding carboxylic acids is 1. The number of ether oxygens (including phenoxy) is 2. The van der Waals surface area contributed by atoms with Crippen LogP contribution in [0.5, 0.6) is 5.75 Å². The zero-order valence-corrected chi connectivity index (χ0v) is 22.2. The molecule has 1 unspecified atom stereocenters. The number of carbonyl (C=O) groups is 1. The van der Waals surface area contributed by atoms with E-state index in [9.17, 15) is 53.1 Å². The zero-order chi connectivity index (χ0) is 31.1. The van der Waals surface area contributed by atoms with Crippen LogP contribution in [0.1, 0.15) is 49.1 Å². The third kappa shape index (κ3) is 7.96. The molecule has 17 heteroatoms. The monoisotopic (exact) mass is 622 g/mol. The van der Waals surface area contributed by atoms with Crippen LogP contribution in [0.25, 0.3) is 0 Å². The standard InChI is InChI=1S/C24H23F9N2O5S/c1-12(2)10-35(41(37)38)19-5-4-18(40-24(31,32)33)8-15(19)11-34-13(3)20(39-21(34)36)14-6-16(22(25,26)27)9-17(7-14)23(28,29)30/h4-9,12-13,20H,10-11H2,1-3H3,(H,37,38)/t13-,20-/m0/s1. The second-order valence-corrected chi connectivity index (χ2v) is 10.4. The quantitative estimate of drug-likeness (QED) is 0.247. The van der Waals surface area contributed by atoms with Crippen molar-refractivity contribution in [1.29, 1.82) is 0 Å². The van der Waals surface area contributed by atoms with E-state index in [1.807, 2.05) is 0 Å². The summed E-state index contributed by atoms with van der Waals surface area (Å²) in [5.41, 5.74) is -4.07. The Morgan fingerprint density at radius 2 is 1.56 bits per heavy atom. The van der Waals surface area contributed by atoms with Crippen molar-refractivity contribution in [1.82, 2.24) is 4.90 Å². The van der Waals surface area contributed by atoms with Crippen molar-refractivity contribution in [3.63, 3.8) is 0 Å². The molecule has 0 aromatic heterocycles. The van der Waals surface area contributed by atoms with Crippen molar-refractivity contribution < 1.29 is 62.5 Å². The average molecular weight is 623 g/mol. The largest absolute Gasteiger partial charge is 0.573 e. The number of hydrogen-bond donors (Lipinski definition) is 1. The van der Waals surface area contributed by atoms with E-state index in [0.29, 0.717) is 12.1 Å². The first-order valence-electron chi connectivity index (χ1n) is 11.7. The van der Waals surface area contributed by atoms with Crippen molar-refractivity contribution in [2.75, 3.05) is 10.8 Å². The van der Waals surface area contributed by atoms with Gasteiger partial charge in [0.2, 0.25) is 0 Å². The second-order valence-electron chi connectivity index (χ2n) is 9.54. The van der Waals surface area contributed by atoms with Crippen LogP contribution >= 0.6 is 0 Å². The Morgan fingerprint density at radius 3 is 2.02 bits per heavy atom. The summed E-state index contributed by atoms with van der Waals surface area (Å²) >= 11 is -2.67. The average Bonchev–Trinajstić information content (AvgIpc) is 3.08. The van der Waals surface area contributed by atoms with E-state index in [1.165, 1.54) is 6.92 Å². The molecule has 0 aliphatic carbocycles. The smallest absolute Gasteiger partial charge is 0.439 e. The van der Waals surface area contributed by atoms with Gasteiger partial charge in [-0.05, 0) is 60.4 Å². The minimum atomic E-state index is -5.16.